The molecule has 1 fully saturated rings. The Balaban J connectivity index is 2.34. The van der Waals surface area contributed by atoms with Crippen LogP contribution >= 0.6 is 11.3 Å². The second-order valence-electron chi connectivity index (χ2n) is 6.63. The molecule has 1 aliphatic rings. The van der Waals surface area contributed by atoms with Crippen LogP contribution in [0, 0.1) is 12.8 Å². The topological polar surface area (TPSA) is 24.9 Å². The SMILES string of the molecule is CCc1nc(C2(NC(C)C)CCCC(CC)C2)sc1C. The van der Waals surface area contributed by atoms with Crippen LogP contribution in [0.5, 0.6) is 0 Å². The number of thiazole rings is 1. The van der Waals surface area contributed by atoms with E-state index in [0.29, 0.717) is 6.04 Å². The number of hydrogen-bond acceptors (Lipinski definition) is 3. The summed E-state index contributed by atoms with van der Waals surface area (Å²) in [5.74, 6) is 0.851. The first-order valence-corrected chi connectivity index (χ1v) is 9.06. The van der Waals surface area contributed by atoms with Gasteiger partial charge in [-0.25, -0.2) is 4.98 Å². The maximum Gasteiger partial charge on any atom is 0.113 e. The molecule has 2 unspecified atom stereocenters. The molecule has 3 heteroatoms. The Kier molecular flexibility index (Phi) is 5.25. The van der Waals surface area contributed by atoms with E-state index in [0.717, 1.165) is 12.3 Å². The average Bonchev–Trinajstić information content (AvgIpc) is 2.80. The lowest BCUT2D eigenvalue weighted by Crippen LogP contribution is -2.49. The van der Waals surface area contributed by atoms with E-state index in [2.05, 4.69) is 39.9 Å². The van der Waals surface area contributed by atoms with Gasteiger partial charge in [0.2, 0.25) is 0 Å². The third-order valence-electron chi connectivity index (χ3n) is 4.63. The van der Waals surface area contributed by atoms with Crippen molar-refractivity contribution in [3.63, 3.8) is 0 Å². The fourth-order valence-electron chi connectivity index (χ4n) is 3.64. The summed E-state index contributed by atoms with van der Waals surface area (Å²) in [6.45, 7) is 11.3. The van der Waals surface area contributed by atoms with Crippen LogP contribution in [0.2, 0.25) is 0 Å². The van der Waals surface area contributed by atoms with Crippen molar-refractivity contribution in [3.05, 3.63) is 15.6 Å². The van der Waals surface area contributed by atoms with Gasteiger partial charge >= 0.3 is 0 Å². The van der Waals surface area contributed by atoms with Gasteiger partial charge in [0.05, 0.1) is 11.2 Å². The Labute approximate surface area is 128 Å². The summed E-state index contributed by atoms with van der Waals surface area (Å²) in [5, 5.41) is 5.23. The molecule has 0 radical (unpaired) electrons. The smallest absolute Gasteiger partial charge is 0.113 e. The fourth-order valence-corrected chi connectivity index (χ4v) is 4.83. The minimum absolute atomic E-state index is 0.135. The molecular weight excluding hydrogens is 264 g/mol. The molecule has 20 heavy (non-hydrogen) atoms. The van der Waals surface area contributed by atoms with Gasteiger partial charge in [0, 0.05) is 10.9 Å². The first-order chi connectivity index (χ1) is 9.50. The molecule has 0 aromatic carbocycles. The lowest BCUT2D eigenvalue weighted by atomic mass is 9.74. The number of aryl methyl sites for hydroxylation is 2. The highest BCUT2D eigenvalue weighted by Gasteiger charge is 2.40. The van der Waals surface area contributed by atoms with Crippen LogP contribution in [0.3, 0.4) is 0 Å². The molecule has 0 spiro atoms. The summed E-state index contributed by atoms with van der Waals surface area (Å²) in [5.41, 5.74) is 1.43. The van der Waals surface area contributed by atoms with Crippen molar-refractivity contribution in [2.24, 2.45) is 5.92 Å². The van der Waals surface area contributed by atoms with Gasteiger partial charge in [-0.1, -0.05) is 33.1 Å². The van der Waals surface area contributed by atoms with Crippen molar-refractivity contribution in [2.75, 3.05) is 0 Å². The molecule has 2 nitrogen and oxygen atoms in total. The van der Waals surface area contributed by atoms with Crippen LogP contribution in [0.4, 0.5) is 0 Å². The molecule has 0 saturated heterocycles. The first-order valence-electron chi connectivity index (χ1n) is 8.25. The Morgan fingerprint density at radius 3 is 2.70 bits per heavy atom. The van der Waals surface area contributed by atoms with Gasteiger partial charge in [-0.05, 0) is 46.0 Å². The van der Waals surface area contributed by atoms with Crippen LogP contribution in [-0.2, 0) is 12.0 Å². The largest absolute Gasteiger partial charge is 0.303 e. The van der Waals surface area contributed by atoms with E-state index in [-0.39, 0.29) is 5.54 Å². The first kappa shape index (κ1) is 16.0. The van der Waals surface area contributed by atoms with Gasteiger partial charge < -0.3 is 5.32 Å². The Morgan fingerprint density at radius 2 is 2.15 bits per heavy atom. The summed E-state index contributed by atoms with van der Waals surface area (Å²) in [6, 6.07) is 0.514. The highest BCUT2D eigenvalue weighted by atomic mass is 32.1. The Morgan fingerprint density at radius 1 is 1.40 bits per heavy atom. The van der Waals surface area contributed by atoms with Crippen LogP contribution < -0.4 is 5.32 Å². The van der Waals surface area contributed by atoms with Crippen molar-refractivity contribution >= 4 is 11.3 Å². The third-order valence-corrected chi connectivity index (χ3v) is 5.85. The number of nitrogens with zero attached hydrogens (tertiary/aromatic N) is 1. The predicted molar refractivity (Wildman–Crippen MR) is 88.4 cm³/mol. The zero-order valence-electron chi connectivity index (χ0n) is 13.8. The molecule has 1 aromatic heterocycles. The Hall–Kier alpha value is -0.410. The van der Waals surface area contributed by atoms with Gasteiger partial charge in [0.25, 0.3) is 0 Å². The van der Waals surface area contributed by atoms with E-state index in [9.17, 15) is 0 Å². The molecule has 2 atom stereocenters. The van der Waals surface area contributed by atoms with Gasteiger partial charge in [-0.2, -0.15) is 0 Å². The van der Waals surface area contributed by atoms with E-state index >= 15 is 0 Å². The van der Waals surface area contributed by atoms with Gasteiger partial charge in [-0.15, -0.1) is 11.3 Å². The van der Waals surface area contributed by atoms with Crippen molar-refractivity contribution in [3.8, 4) is 0 Å². The zero-order valence-corrected chi connectivity index (χ0v) is 14.6. The highest BCUT2D eigenvalue weighted by molar-refractivity contribution is 7.11. The lowest BCUT2D eigenvalue weighted by Gasteiger charge is -2.41. The van der Waals surface area contributed by atoms with Crippen molar-refractivity contribution in [2.45, 2.75) is 84.7 Å². The summed E-state index contributed by atoms with van der Waals surface area (Å²) in [7, 11) is 0. The van der Waals surface area contributed by atoms with E-state index in [1.807, 2.05) is 11.3 Å². The summed E-state index contributed by atoms with van der Waals surface area (Å²) < 4.78 is 0. The second kappa shape index (κ2) is 6.57. The van der Waals surface area contributed by atoms with Gasteiger partial charge in [0.15, 0.2) is 0 Å². The van der Waals surface area contributed by atoms with E-state index in [1.54, 1.807) is 0 Å². The molecule has 1 N–H and O–H groups in total. The van der Waals surface area contributed by atoms with Gasteiger partial charge in [-0.3, -0.25) is 0 Å². The molecular formula is C17H30N2S. The van der Waals surface area contributed by atoms with E-state index in [4.69, 9.17) is 4.98 Å². The summed E-state index contributed by atoms with van der Waals surface area (Å²) in [6.07, 6.45) is 7.58. The molecule has 0 bridgehead atoms. The van der Waals surface area contributed by atoms with E-state index < -0.39 is 0 Å². The summed E-state index contributed by atoms with van der Waals surface area (Å²) >= 11 is 1.93. The number of rotatable bonds is 5. The zero-order chi connectivity index (χ0) is 14.8. The third kappa shape index (κ3) is 3.25. The molecule has 1 heterocycles. The second-order valence-corrected chi connectivity index (χ2v) is 7.83. The molecule has 1 aliphatic carbocycles. The Bertz CT molecular complexity index is 438. The maximum absolute atomic E-state index is 5.00. The summed E-state index contributed by atoms with van der Waals surface area (Å²) in [4.78, 5) is 6.41. The standard InChI is InChI=1S/C17H30N2S/c1-6-14-9-8-10-17(11-14,19-12(3)4)16-18-15(7-2)13(5)20-16/h12,14,19H,6-11H2,1-5H3. The highest BCUT2D eigenvalue weighted by Crippen LogP contribution is 2.43. The van der Waals surface area contributed by atoms with Crippen LogP contribution in [0.15, 0.2) is 0 Å². The molecule has 1 saturated carbocycles. The lowest BCUT2D eigenvalue weighted by molar-refractivity contribution is 0.163. The van der Waals surface area contributed by atoms with Crippen molar-refractivity contribution in [1.82, 2.24) is 10.3 Å². The normalized spacial score (nSPS) is 27.2. The molecule has 0 amide bonds. The van der Waals surface area contributed by atoms with Crippen LogP contribution in [0.1, 0.15) is 75.4 Å². The minimum atomic E-state index is 0.135. The molecule has 1 aromatic rings. The predicted octanol–water partition coefficient (Wildman–Crippen LogP) is 4.81. The van der Waals surface area contributed by atoms with Crippen LogP contribution in [-0.4, -0.2) is 11.0 Å². The number of aromatic nitrogens is 1. The fraction of sp³-hybridized carbons (Fsp3) is 0.824. The van der Waals surface area contributed by atoms with Crippen molar-refractivity contribution in [1.29, 1.82) is 0 Å². The number of nitrogens with one attached hydrogen (secondary N) is 1. The van der Waals surface area contributed by atoms with Gasteiger partial charge in [0.1, 0.15) is 5.01 Å². The minimum Gasteiger partial charge on any atom is -0.303 e. The maximum atomic E-state index is 5.00. The van der Waals surface area contributed by atoms with Crippen LogP contribution in [0.25, 0.3) is 0 Å². The average molecular weight is 295 g/mol. The molecule has 114 valence electrons. The molecule has 2 rings (SSSR count). The quantitative estimate of drug-likeness (QED) is 0.843. The van der Waals surface area contributed by atoms with Crippen molar-refractivity contribution < 1.29 is 0 Å². The monoisotopic (exact) mass is 294 g/mol. The number of hydrogen-bond donors (Lipinski definition) is 1. The van der Waals surface area contributed by atoms with E-state index in [1.165, 1.54) is 47.7 Å². The molecule has 0 aliphatic heterocycles.